The van der Waals surface area contributed by atoms with Gasteiger partial charge in [-0.05, 0) is 67.6 Å². The summed E-state index contributed by atoms with van der Waals surface area (Å²) < 4.78 is 0. The third kappa shape index (κ3) is 0.898. The van der Waals surface area contributed by atoms with Crippen LogP contribution in [0.15, 0.2) is 24.3 Å². The summed E-state index contributed by atoms with van der Waals surface area (Å²) in [6, 6.07) is 0. The van der Waals surface area contributed by atoms with Gasteiger partial charge in [0.15, 0.2) is 0 Å². The average Bonchev–Trinajstić information content (AvgIpc) is 2.95. The molecule has 0 aromatic carbocycles. The molecule has 0 N–H and O–H groups in total. The smallest absolute Gasteiger partial charge is 0.0175 e. The summed E-state index contributed by atoms with van der Waals surface area (Å²) in [6.07, 6.45) is 9.55. The first kappa shape index (κ1) is 8.61. The van der Waals surface area contributed by atoms with Gasteiger partial charge in [-0.25, -0.2) is 0 Å². The van der Waals surface area contributed by atoms with Gasteiger partial charge in [0.05, 0.1) is 0 Å². The molecule has 15 heavy (non-hydrogen) atoms. The molecule has 7 unspecified atom stereocenters. The molecule has 0 heterocycles. The monoisotopic (exact) mass is 200 g/mol. The van der Waals surface area contributed by atoms with Crippen molar-refractivity contribution in [1.82, 2.24) is 0 Å². The number of hydrogen-bond donors (Lipinski definition) is 0. The molecule has 4 aliphatic carbocycles. The van der Waals surface area contributed by atoms with Crippen LogP contribution in [-0.2, 0) is 0 Å². The first-order valence-corrected chi connectivity index (χ1v) is 6.59. The fourth-order valence-electron chi connectivity index (χ4n) is 5.58. The van der Waals surface area contributed by atoms with E-state index in [-0.39, 0.29) is 0 Å². The number of allylic oxidation sites excluding steroid dienone is 3. The predicted octanol–water partition coefficient (Wildman–Crippen LogP) is 3.66. The van der Waals surface area contributed by atoms with Crippen LogP contribution in [-0.4, -0.2) is 0 Å². The molecule has 4 rings (SSSR count). The van der Waals surface area contributed by atoms with Crippen LogP contribution in [0, 0.1) is 41.4 Å². The molecular formula is C15H20. The van der Waals surface area contributed by atoms with Crippen molar-refractivity contribution >= 4 is 0 Å². The summed E-state index contributed by atoms with van der Waals surface area (Å²) in [5.41, 5.74) is 1.47. The maximum Gasteiger partial charge on any atom is -0.0175 e. The van der Waals surface area contributed by atoms with Gasteiger partial charge in [0.2, 0.25) is 0 Å². The third-order valence-corrected chi connectivity index (χ3v) is 5.90. The lowest BCUT2D eigenvalue weighted by Crippen LogP contribution is -2.31. The van der Waals surface area contributed by atoms with Crippen LogP contribution >= 0.6 is 0 Å². The summed E-state index contributed by atoms with van der Waals surface area (Å²) in [5, 5.41) is 0. The van der Waals surface area contributed by atoms with Crippen LogP contribution in [0.2, 0.25) is 0 Å². The van der Waals surface area contributed by atoms with Gasteiger partial charge in [-0.15, -0.1) is 0 Å². The lowest BCUT2D eigenvalue weighted by atomic mass is 9.68. The zero-order chi connectivity index (χ0) is 10.2. The van der Waals surface area contributed by atoms with Crippen molar-refractivity contribution in [3.05, 3.63) is 24.3 Å². The summed E-state index contributed by atoms with van der Waals surface area (Å²) in [7, 11) is 0. The van der Waals surface area contributed by atoms with Crippen molar-refractivity contribution in [1.29, 1.82) is 0 Å². The zero-order valence-corrected chi connectivity index (χ0v) is 9.52. The third-order valence-electron chi connectivity index (χ3n) is 5.90. The molecule has 80 valence electrons. The number of hydrogen-bond acceptors (Lipinski definition) is 0. The number of fused-ring (bicyclic) bond motifs is 9. The van der Waals surface area contributed by atoms with E-state index in [2.05, 4.69) is 25.7 Å². The highest BCUT2D eigenvalue weighted by molar-refractivity contribution is 5.23. The van der Waals surface area contributed by atoms with E-state index in [0.717, 1.165) is 41.4 Å². The Labute approximate surface area is 92.4 Å². The van der Waals surface area contributed by atoms with Crippen molar-refractivity contribution in [3.63, 3.8) is 0 Å². The standard InChI is InChI=1S/C15H20/c1-8(2)12-6-11-7-13(12)15-10-4-3-9(5-10)14(11)15/h3-4,9-15H,1,5-7H2,2H3. The summed E-state index contributed by atoms with van der Waals surface area (Å²) in [5.74, 6) is 7.02. The molecule has 4 aliphatic rings. The van der Waals surface area contributed by atoms with Gasteiger partial charge < -0.3 is 0 Å². The Hall–Kier alpha value is -0.520. The molecule has 0 aliphatic heterocycles. The van der Waals surface area contributed by atoms with Crippen molar-refractivity contribution in [2.24, 2.45) is 41.4 Å². The largest absolute Gasteiger partial charge is 0.0999 e. The highest BCUT2D eigenvalue weighted by atomic mass is 14.6. The molecular weight excluding hydrogens is 180 g/mol. The molecule has 7 atom stereocenters. The maximum atomic E-state index is 4.21. The fraction of sp³-hybridized carbons (Fsp3) is 0.733. The average molecular weight is 200 g/mol. The van der Waals surface area contributed by atoms with Gasteiger partial charge in [0, 0.05) is 0 Å². The van der Waals surface area contributed by atoms with Gasteiger partial charge in [-0.1, -0.05) is 24.3 Å². The van der Waals surface area contributed by atoms with Gasteiger partial charge in [0.25, 0.3) is 0 Å². The Morgan fingerprint density at radius 3 is 2.53 bits per heavy atom. The Bertz CT molecular complexity index is 351. The molecule has 3 saturated carbocycles. The lowest BCUT2D eigenvalue weighted by Gasteiger charge is -2.37. The van der Waals surface area contributed by atoms with Crippen LogP contribution in [0.3, 0.4) is 0 Å². The molecule has 0 amide bonds. The van der Waals surface area contributed by atoms with Crippen molar-refractivity contribution in [2.45, 2.75) is 26.2 Å². The molecule has 0 aromatic rings. The van der Waals surface area contributed by atoms with Gasteiger partial charge in [0.1, 0.15) is 0 Å². The highest BCUT2D eigenvalue weighted by Gasteiger charge is 2.60. The van der Waals surface area contributed by atoms with E-state index >= 15 is 0 Å². The Morgan fingerprint density at radius 1 is 1.07 bits per heavy atom. The second-order valence-corrected chi connectivity index (χ2v) is 6.45. The summed E-state index contributed by atoms with van der Waals surface area (Å²) in [6.45, 7) is 6.47. The molecule has 0 aromatic heterocycles. The van der Waals surface area contributed by atoms with Crippen molar-refractivity contribution in [3.8, 4) is 0 Å². The van der Waals surface area contributed by atoms with Crippen molar-refractivity contribution in [2.75, 3.05) is 0 Å². The zero-order valence-electron chi connectivity index (χ0n) is 9.52. The van der Waals surface area contributed by atoms with Crippen LogP contribution < -0.4 is 0 Å². The molecule has 0 saturated heterocycles. The quantitative estimate of drug-likeness (QED) is 0.447. The molecule has 0 nitrogen and oxygen atoms in total. The van der Waals surface area contributed by atoms with E-state index in [1.807, 2.05) is 0 Å². The minimum atomic E-state index is 0.879. The maximum absolute atomic E-state index is 4.21. The van der Waals surface area contributed by atoms with Crippen LogP contribution in [0.1, 0.15) is 26.2 Å². The lowest BCUT2D eigenvalue weighted by molar-refractivity contribution is 0.168. The van der Waals surface area contributed by atoms with Crippen LogP contribution in [0.4, 0.5) is 0 Å². The fourth-order valence-corrected chi connectivity index (χ4v) is 5.58. The van der Waals surface area contributed by atoms with E-state index in [1.165, 1.54) is 24.8 Å². The first-order chi connectivity index (χ1) is 7.25. The Morgan fingerprint density at radius 2 is 1.80 bits per heavy atom. The molecule has 0 heteroatoms. The van der Waals surface area contributed by atoms with Crippen molar-refractivity contribution < 1.29 is 0 Å². The first-order valence-electron chi connectivity index (χ1n) is 6.59. The second kappa shape index (κ2) is 2.59. The second-order valence-electron chi connectivity index (χ2n) is 6.45. The highest BCUT2D eigenvalue weighted by Crippen LogP contribution is 2.67. The minimum Gasteiger partial charge on any atom is -0.0999 e. The molecule has 4 bridgehead atoms. The van der Waals surface area contributed by atoms with E-state index in [9.17, 15) is 0 Å². The Balaban J connectivity index is 1.71. The van der Waals surface area contributed by atoms with Crippen LogP contribution in [0.25, 0.3) is 0 Å². The van der Waals surface area contributed by atoms with Gasteiger partial charge in [-0.2, -0.15) is 0 Å². The predicted molar refractivity (Wildman–Crippen MR) is 62.2 cm³/mol. The van der Waals surface area contributed by atoms with E-state index in [1.54, 1.807) is 0 Å². The van der Waals surface area contributed by atoms with Gasteiger partial charge in [-0.3, -0.25) is 0 Å². The molecule has 0 radical (unpaired) electrons. The summed E-state index contributed by atoms with van der Waals surface area (Å²) >= 11 is 0. The molecule has 0 spiro atoms. The summed E-state index contributed by atoms with van der Waals surface area (Å²) in [4.78, 5) is 0. The van der Waals surface area contributed by atoms with E-state index in [0.29, 0.717) is 0 Å². The molecule has 3 fully saturated rings. The minimum absolute atomic E-state index is 0.879. The van der Waals surface area contributed by atoms with Crippen LogP contribution in [0.5, 0.6) is 0 Å². The topological polar surface area (TPSA) is 0 Å². The van der Waals surface area contributed by atoms with E-state index < -0.39 is 0 Å². The van der Waals surface area contributed by atoms with E-state index in [4.69, 9.17) is 0 Å². The Kier molecular flexibility index (Phi) is 1.49. The van der Waals surface area contributed by atoms with Gasteiger partial charge >= 0.3 is 0 Å². The SMILES string of the molecule is C=C(C)C1CC2CC1C1C3C=CC(C3)C21. The normalized spacial score (nSPS) is 58.9. The number of rotatable bonds is 1.